The Labute approximate surface area is 69.1 Å². The van der Waals surface area contributed by atoms with Crippen molar-refractivity contribution in [1.29, 1.82) is 0 Å². The largest absolute Gasteiger partial charge is 0.363 e. The number of hydrogen-bond donors (Lipinski definition) is 1. The summed E-state index contributed by atoms with van der Waals surface area (Å²) in [5.74, 6) is -0.525. The van der Waals surface area contributed by atoms with E-state index in [9.17, 15) is 4.79 Å². The number of primary amides is 1. The highest BCUT2D eigenvalue weighted by molar-refractivity contribution is 6.18. The number of nitrogens with zero attached hydrogens (tertiary/aromatic N) is 2. The van der Waals surface area contributed by atoms with Gasteiger partial charge in [-0.2, -0.15) is 0 Å². The van der Waals surface area contributed by atoms with Gasteiger partial charge in [0.15, 0.2) is 0 Å². The van der Waals surface area contributed by atoms with Crippen molar-refractivity contribution in [2.24, 2.45) is 5.73 Å². The summed E-state index contributed by atoms with van der Waals surface area (Å²) in [6.07, 6.45) is 2.26. The van der Waals surface area contributed by atoms with Gasteiger partial charge in [-0.1, -0.05) is 6.92 Å². The Morgan fingerprint density at radius 2 is 2.55 bits per heavy atom. The second-order valence-corrected chi connectivity index (χ2v) is 2.41. The number of amides is 1. The average molecular weight is 174 g/mol. The van der Waals surface area contributed by atoms with Crippen LogP contribution in [0.2, 0.25) is 0 Å². The molecule has 1 amide bonds. The number of hydrogen-bond acceptors (Lipinski definition) is 2. The van der Waals surface area contributed by atoms with E-state index in [1.165, 1.54) is 10.3 Å². The third-order valence-electron chi connectivity index (χ3n) is 1.36. The summed E-state index contributed by atoms with van der Waals surface area (Å²) >= 11 is 5.67. The van der Waals surface area contributed by atoms with Crippen LogP contribution in [-0.4, -0.2) is 15.0 Å². The monoisotopic (exact) mass is 173 g/mol. The summed E-state index contributed by atoms with van der Waals surface area (Å²) in [4.78, 5) is 14.3. The fourth-order valence-corrected chi connectivity index (χ4v) is 1.05. The van der Waals surface area contributed by atoms with Gasteiger partial charge in [-0.25, -0.2) is 9.07 Å². The molecular weight excluding hydrogens is 166 g/mol. The molecule has 2 N–H and O–H groups in total. The van der Waals surface area contributed by atoms with Crippen molar-refractivity contribution < 1.29 is 4.79 Å². The summed E-state index contributed by atoms with van der Waals surface area (Å²) < 4.78 is 1.18. The summed E-state index contributed by atoms with van der Waals surface area (Å²) in [6.45, 7) is 1.92. The molecule has 0 aliphatic carbocycles. The molecule has 0 saturated carbocycles. The van der Waals surface area contributed by atoms with Crippen molar-refractivity contribution in [3.63, 3.8) is 0 Å². The van der Waals surface area contributed by atoms with Crippen LogP contribution in [-0.2, 0) is 6.42 Å². The second-order valence-electron chi connectivity index (χ2n) is 2.07. The van der Waals surface area contributed by atoms with E-state index in [1.807, 2.05) is 6.92 Å². The fourth-order valence-electron chi connectivity index (χ4n) is 0.764. The molecule has 4 nitrogen and oxygen atoms in total. The normalized spacial score (nSPS) is 10.0. The minimum atomic E-state index is -0.611. The Balaban J connectivity index is 3.10. The number of imidazole rings is 1. The van der Waals surface area contributed by atoms with Gasteiger partial charge in [0.1, 0.15) is 0 Å². The molecule has 0 bridgehead atoms. The van der Waals surface area contributed by atoms with Crippen LogP contribution in [0.25, 0.3) is 0 Å². The quantitative estimate of drug-likeness (QED) is 0.710. The molecule has 0 unspecified atom stereocenters. The molecule has 11 heavy (non-hydrogen) atoms. The first-order valence-corrected chi connectivity index (χ1v) is 3.53. The van der Waals surface area contributed by atoms with E-state index in [-0.39, 0.29) is 5.82 Å². The van der Waals surface area contributed by atoms with Crippen LogP contribution >= 0.6 is 11.8 Å². The maximum Gasteiger partial charge on any atom is 0.285 e. The van der Waals surface area contributed by atoms with Crippen molar-refractivity contribution in [2.75, 3.05) is 0 Å². The van der Waals surface area contributed by atoms with E-state index in [0.717, 1.165) is 12.1 Å². The summed E-state index contributed by atoms with van der Waals surface area (Å²) in [5.41, 5.74) is 5.75. The van der Waals surface area contributed by atoms with Crippen molar-refractivity contribution in [2.45, 2.75) is 13.3 Å². The first-order chi connectivity index (χ1) is 5.16. The van der Waals surface area contributed by atoms with E-state index in [0.29, 0.717) is 0 Å². The fraction of sp³-hybridized carbons (Fsp3) is 0.333. The lowest BCUT2D eigenvalue weighted by atomic mass is 10.4. The average Bonchev–Trinajstić information content (AvgIpc) is 2.30. The third kappa shape index (κ3) is 1.35. The summed E-state index contributed by atoms with van der Waals surface area (Å²) in [5, 5.41) is 0. The molecule has 5 heteroatoms. The Morgan fingerprint density at radius 3 is 2.82 bits per heavy atom. The highest BCUT2D eigenvalue weighted by Gasteiger charge is 2.10. The van der Waals surface area contributed by atoms with Gasteiger partial charge in [0, 0.05) is 11.8 Å². The van der Waals surface area contributed by atoms with Crippen molar-refractivity contribution in [1.82, 2.24) is 9.07 Å². The van der Waals surface area contributed by atoms with E-state index < -0.39 is 5.91 Å². The number of carbonyl (C=O) groups excluding carboxylic acids is 1. The Hall–Kier alpha value is -1.03. The summed E-state index contributed by atoms with van der Waals surface area (Å²) in [7, 11) is 0. The van der Waals surface area contributed by atoms with Crippen LogP contribution in [0.5, 0.6) is 0 Å². The molecule has 1 heterocycles. The molecule has 60 valence electrons. The zero-order valence-corrected chi connectivity index (χ0v) is 6.80. The number of rotatable bonds is 2. The van der Waals surface area contributed by atoms with Gasteiger partial charge in [-0.05, 0) is 6.42 Å². The molecule has 1 aromatic heterocycles. The van der Waals surface area contributed by atoms with Gasteiger partial charge in [0.2, 0.25) is 5.82 Å². The number of carbonyl (C=O) groups is 1. The highest BCUT2D eigenvalue weighted by atomic mass is 35.5. The van der Waals surface area contributed by atoms with Gasteiger partial charge in [-0.15, -0.1) is 0 Å². The minimum absolute atomic E-state index is 0.0866. The molecule has 0 radical (unpaired) electrons. The van der Waals surface area contributed by atoms with E-state index in [2.05, 4.69) is 4.98 Å². The SMILES string of the molecule is CCc1cnc(C(N)=O)n1Cl. The Kier molecular flexibility index (Phi) is 2.14. The molecule has 0 aliphatic rings. The van der Waals surface area contributed by atoms with E-state index in [4.69, 9.17) is 17.5 Å². The van der Waals surface area contributed by atoms with Gasteiger partial charge in [-0.3, -0.25) is 4.79 Å². The molecule has 0 atom stereocenters. The van der Waals surface area contributed by atoms with Gasteiger partial charge in [0.05, 0.1) is 11.9 Å². The van der Waals surface area contributed by atoms with Gasteiger partial charge in [0.25, 0.3) is 5.91 Å². The molecule has 1 aromatic rings. The van der Waals surface area contributed by atoms with E-state index in [1.54, 1.807) is 0 Å². The Bertz CT molecular complexity index is 281. The smallest absolute Gasteiger partial charge is 0.285 e. The first-order valence-electron chi connectivity index (χ1n) is 3.19. The summed E-state index contributed by atoms with van der Waals surface area (Å²) in [6, 6.07) is 0. The maximum absolute atomic E-state index is 10.6. The predicted molar refractivity (Wildman–Crippen MR) is 41.4 cm³/mol. The molecule has 1 rings (SSSR count). The van der Waals surface area contributed by atoms with Gasteiger partial charge >= 0.3 is 0 Å². The van der Waals surface area contributed by atoms with Crippen LogP contribution in [0.3, 0.4) is 0 Å². The Morgan fingerprint density at radius 1 is 1.91 bits per heavy atom. The zero-order valence-electron chi connectivity index (χ0n) is 6.04. The second kappa shape index (κ2) is 2.92. The van der Waals surface area contributed by atoms with Crippen LogP contribution in [0.4, 0.5) is 0 Å². The standard InChI is InChI=1S/C6H8ClN3O/c1-2-4-3-9-6(5(8)11)10(4)7/h3H,2H2,1H3,(H2,8,11). The van der Waals surface area contributed by atoms with Crippen molar-refractivity contribution >= 4 is 17.7 Å². The van der Waals surface area contributed by atoms with Crippen molar-refractivity contribution in [3.05, 3.63) is 17.7 Å². The number of aryl methyl sites for hydroxylation is 1. The molecule has 0 aromatic carbocycles. The van der Waals surface area contributed by atoms with Crippen LogP contribution in [0.15, 0.2) is 6.20 Å². The lowest BCUT2D eigenvalue weighted by Gasteiger charge is -1.95. The molecule has 0 saturated heterocycles. The minimum Gasteiger partial charge on any atom is -0.363 e. The lowest BCUT2D eigenvalue weighted by molar-refractivity contribution is 0.0990. The first kappa shape index (κ1) is 8.07. The van der Waals surface area contributed by atoms with Crippen LogP contribution in [0.1, 0.15) is 23.2 Å². The van der Waals surface area contributed by atoms with Crippen LogP contribution < -0.4 is 5.73 Å². The predicted octanol–water partition coefficient (Wildman–Crippen LogP) is 0.546. The highest BCUT2D eigenvalue weighted by Crippen LogP contribution is 2.06. The number of nitrogens with two attached hydrogens (primary N) is 1. The number of aromatic nitrogens is 2. The van der Waals surface area contributed by atoms with Gasteiger partial charge < -0.3 is 5.73 Å². The molecular formula is C6H8ClN3O. The zero-order chi connectivity index (χ0) is 8.43. The molecule has 0 aliphatic heterocycles. The molecule has 0 fully saturated rings. The lowest BCUT2D eigenvalue weighted by Crippen LogP contribution is -2.15. The van der Waals surface area contributed by atoms with Crippen LogP contribution in [0, 0.1) is 0 Å². The maximum atomic E-state index is 10.6. The topological polar surface area (TPSA) is 60.9 Å². The van der Waals surface area contributed by atoms with Crippen molar-refractivity contribution in [3.8, 4) is 0 Å². The van der Waals surface area contributed by atoms with E-state index >= 15 is 0 Å². The molecule has 0 spiro atoms. The third-order valence-corrected chi connectivity index (χ3v) is 1.73. The number of halogens is 1.